The van der Waals surface area contributed by atoms with Crippen molar-refractivity contribution in [2.45, 2.75) is 38.8 Å². The van der Waals surface area contributed by atoms with Gasteiger partial charge in [0.2, 0.25) is 5.91 Å². The van der Waals surface area contributed by atoms with Crippen molar-refractivity contribution < 1.29 is 19.4 Å². The SMILES string of the molecule is COc1ccccc1-c1cn(COCC[Si](C)(C)C)c2nc(NC(=O)[C@H]3C[C@H]3CO)ccc12. The number of carbonyl (C=O) groups is 1. The van der Waals surface area contributed by atoms with E-state index in [1.807, 2.05) is 47.2 Å². The molecule has 0 radical (unpaired) electrons. The molecule has 0 saturated heterocycles. The average Bonchev–Trinajstić information content (AvgIpc) is 3.51. The van der Waals surface area contributed by atoms with Crippen molar-refractivity contribution in [2.24, 2.45) is 11.8 Å². The fraction of sp³-hybridized carbons (Fsp3) is 0.440. The summed E-state index contributed by atoms with van der Waals surface area (Å²) < 4.78 is 13.6. The molecule has 33 heavy (non-hydrogen) atoms. The molecular weight excluding hydrogens is 434 g/mol. The molecule has 1 fully saturated rings. The van der Waals surface area contributed by atoms with Crippen LogP contribution in [0.15, 0.2) is 42.6 Å². The third kappa shape index (κ3) is 5.46. The predicted molar refractivity (Wildman–Crippen MR) is 133 cm³/mol. The van der Waals surface area contributed by atoms with Crippen molar-refractivity contribution in [1.82, 2.24) is 9.55 Å². The first-order valence-corrected chi connectivity index (χ1v) is 15.1. The van der Waals surface area contributed by atoms with Gasteiger partial charge in [-0.1, -0.05) is 37.8 Å². The number of ether oxygens (including phenoxy) is 2. The predicted octanol–water partition coefficient (Wildman–Crippen LogP) is 4.59. The van der Waals surface area contributed by atoms with Gasteiger partial charge in [-0.2, -0.15) is 0 Å². The number of pyridine rings is 1. The normalized spacial score (nSPS) is 17.8. The zero-order chi connectivity index (χ0) is 23.6. The molecule has 2 atom stereocenters. The van der Waals surface area contributed by atoms with E-state index in [0.29, 0.717) is 19.2 Å². The number of aliphatic hydroxyl groups excluding tert-OH is 1. The van der Waals surface area contributed by atoms with Crippen molar-refractivity contribution in [2.75, 3.05) is 25.6 Å². The van der Waals surface area contributed by atoms with Gasteiger partial charge in [-0.05, 0) is 36.6 Å². The van der Waals surface area contributed by atoms with Crippen molar-refractivity contribution in [3.63, 3.8) is 0 Å². The van der Waals surface area contributed by atoms with E-state index in [-0.39, 0.29) is 24.3 Å². The lowest BCUT2D eigenvalue weighted by Gasteiger charge is -2.15. The number of hydrogen-bond acceptors (Lipinski definition) is 5. The monoisotopic (exact) mass is 467 g/mol. The molecule has 0 aliphatic heterocycles. The van der Waals surface area contributed by atoms with Gasteiger partial charge in [-0.25, -0.2) is 4.98 Å². The number of nitrogens with zero attached hydrogens (tertiary/aromatic N) is 2. The maximum absolute atomic E-state index is 12.5. The quantitative estimate of drug-likeness (QED) is 0.336. The Labute approximate surface area is 195 Å². The number of aliphatic hydroxyl groups is 1. The van der Waals surface area contributed by atoms with E-state index in [1.54, 1.807) is 7.11 Å². The average molecular weight is 468 g/mol. The van der Waals surface area contributed by atoms with E-state index < -0.39 is 8.07 Å². The molecule has 176 valence electrons. The molecule has 7 nitrogen and oxygen atoms in total. The minimum absolute atomic E-state index is 0.0461. The molecule has 2 aromatic heterocycles. The van der Waals surface area contributed by atoms with Gasteiger partial charge < -0.3 is 24.5 Å². The van der Waals surface area contributed by atoms with Crippen LogP contribution in [0.25, 0.3) is 22.2 Å². The minimum atomic E-state index is -1.18. The van der Waals surface area contributed by atoms with E-state index in [0.717, 1.165) is 40.4 Å². The third-order valence-electron chi connectivity index (χ3n) is 6.09. The van der Waals surface area contributed by atoms with Crippen molar-refractivity contribution in [3.8, 4) is 16.9 Å². The first kappa shape index (κ1) is 23.5. The number of benzene rings is 1. The van der Waals surface area contributed by atoms with Gasteiger partial charge in [0.15, 0.2) is 0 Å². The highest BCUT2D eigenvalue weighted by Crippen LogP contribution is 2.39. The summed E-state index contributed by atoms with van der Waals surface area (Å²) in [6, 6.07) is 12.8. The number of hydrogen-bond donors (Lipinski definition) is 2. The number of amides is 1. The summed E-state index contributed by atoms with van der Waals surface area (Å²) in [7, 11) is 0.486. The maximum atomic E-state index is 12.5. The Balaban J connectivity index is 1.64. The van der Waals surface area contributed by atoms with Crippen molar-refractivity contribution in [1.29, 1.82) is 0 Å². The van der Waals surface area contributed by atoms with Crippen LogP contribution in [0.2, 0.25) is 25.7 Å². The van der Waals surface area contributed by atoms with Gasteiger partial charge in [-0.15, -0.1) is 0 Å². The fourth-order valence-electron chi connectivity index (χ4n) is 3.94. The highest BCUT2D eigenvalue weighted by molar-refractivity contribution is 6.76. The number of anilines is 1. The smallest absolute Gasteiger partial charge is 0.229 e. The summed E-state index contributed by atoms with van der Waals surface area (Å²) in [6.07, 6.45) is 2.77. The summed E-state index contributed by atoms with van der Waals surface area (Å²) in [5, 5.41) is 13.1. The highest BCUT2D eigenvalue weighted by Gasteiger charge is 2.42. The van der Waals surface area contributed by atoms with Gasteiger partial charge in [0.05, 0.1) is 7.11 Å². The van der Waals surface area contributed by atoms with Crippen LogP contribution >= 0.6 is 0 Å². The Hall–Kier alpha value is -2.68. The van der Waals surface area contributed by atoms with E-state index >= 15 is 0 Å². The first-order chi connectivity index (χ1) is 15.8. The lowest BCUT2D eigenvalue weighted by molar-refractivity contribution is -0.117. The summed E-state index contributed by atoms with van der Waals surface area (Å²) >= 11 is 0. The Kier molecular flexibility index (Phi) is 6.88. The van der Waals surface area contributed by atoms with E-state index in [4.69, 9.17) is 14.5 Å². The first-order valence-electron chi connectivity index (χ1n) is 11.4. The number of para-hydroxylation sites is 1. The van der Waals surface area contributed by atoms with Gasteiger partial charge >= 0.3 is 0 Å². The maximum Gasteiger partial charge on any atom is 0.229 e. The highest BCUT2D eigenvalue weighted by atomic mass is 28.3. The fourth-order valence-corrected chi connectivity index (χ4v) is 4.70. The number of methoxy groups -OCH3 is 1. The molecule has 8 heteroatoms. The molecule has 0 unspecified atom stereocenters. The van der Waals surface area contributed by atoms with Crippen molar-refractivity contribution in [3.05, 3.63) is 42.6 Å². The summed E-state index contributed by atoms with van der Waals surface area (Å²) in [4.78, 5) is 17.2. The van der Waals surface area contributed by atoms with Gasteiger partial charge in [0, 0.05) is 49.9 Å². The number of nitrogens with one attached hydrogen (secondary N) is 1. The van der Waals surface area contributed by atoms with Crippen LogP contribution in [0.1, 0.15) is 6.42 Å². The standard InChI is InChI=1S/C25H33N3O4Si/c1-31-22-8-6-5-7-18(22)21-14-28(16-32-11-12-33(2,3)4)24-19(21)9-10-23(26-24)27-25(30)20-13-17(20)15-29/h5-10,14,17,20,29H,11-13,15-16H2,1-4H3,(H,26,27,30)/t17-,20-/m0/s1. The van der Waals surface area contributed by atoms with Crippen molar-refractivity contribution >= 4 is 30.8 Å². The van der Waals surface area contributed by atoms with Crippen LogP contribution in [0.4, 0.5) is 5.82 Å². The second-order valence-corrected chi connectivity index (χ2v) is 15.5. The van der Waals surface area contributed by atoms with E-state index in [1.165, 1.54) is 0 Å². The number of fused-ring (bicyclic) bond motifs is 1. The number of carbonyl (C=O) groups excluding carboxylic acids is 1. The summed E-state index contributed by atoms with van der Waals surface area (Å²) in [6.45, 7) is 8.14. The molecule has 1 aromatic carbocycles. The molecule has 4 rings (SSSR count). The number of rotatable bonds is 10. The Bertz CT molecular complexity index is 1140. The largest absolute Gasteiger partial charge is 0.496 e. The van der Waals surface area contributed by atoms with Crippen LogP contribution in [0.3, 0.4) is 0 Å². The molecule has 1 aliphatic rings. The molecule has 2 N–H and O–H groups in total. The van der Waals surface area contributed by atoms with Gasteiger partial charge in [0.25, 0.3) is 0 Å². The second kappa shape index (κ2) is 9.67. The topological polar surface area (TPSA) is 85.6 Å². The molecule has 2 heterocycles. The van der Waals surface area contributed by atoms with E-state index in [2.05, 4.69) is 25.0 Å². The van der Waals surface area contributed by atoms with Crippen LogP contribution in [-0.2, 0) is 16.3 Å². The third-order valence-corrected chi connectivity index (χ3v) is 7.80. The van der Waals surface area contributed by atoms with E-state index in [9.17, 15) is 9.90 Å². The Morgan fingerprint density at radius 3 is 2.70 bits per heavy atom. The lowest BCUT2D eigenvalue weighted by Crippen LogP contribution is -2.22. The van der Waals surface area contributed by atoms with Crippen LogP contribution in [0, 0.1) is 11.8 Å². The van der Waals surface area contributed by atoms with Crippen LogP contribution < -0.4 is 10.1 Å². The Morgan fingerprint density at radius 2 is 2.00 bits per heavy atom. The summed E-state index contributed by atoms with van der Waals surface area (Å²) in [5.74, 6) is 1.14. The molecule has 1 saturated carbocycles. The number of aromatic nitrogens is 2. The Morgan fingerprint density at radius 1 is 1.21 bits per heavy atom. The van der Waals surface area contributed by atoms with Gasteiger partial charge in [0.1, 0.15) is 23.9 Å². The molecule has 3 aromatic rings. The molecule has 0 spiro atoms. The zero-order valence-corrected chi connectivity index (χ0v) is 20.8. The van der Waals surface area contributed by atoms with Crippen LogP contribution in [0.5, 0.6) is 5.75 Å². The molecule has 0 bridgehead atoms. The minimum Gasteiger partial charge on any atom is -0.496 e. The van der Waals surface area contributed by atoms with Gasteiger partial charge in [-0.3, -0.25) is 4.79 Å². The zero-order valence-electron chi connectivity index (χ0n) is 19.8. The lowest BCUT2D eigenvalue weighted by atomic mass is 10.0. The molecular formula is C25H33N3O4Si. The molecule has 1 amide bonds. The van der Waals surface area contributed by atoms with Crippen LogP contribution in [-0.4, -0.2) is 49.0 Å². The second-order valence-electron chi connectivity index (χ2n) is 9.90. The summed E-state index contributed by atoms with van der Waals surface area (Å²) in [5.41, 5.74) is 2.73. The molecule has 1 aliphatic carbocycles.